The van der Waals surface area contributed by atoms with Crippen molar-refractivity contribution in [2.24, 2.45) is 0 Å². The Morgan fingerprint density at radius 2 is 1.78 bits per heavy atom. The Morgan fingerprint density at radius 1 is 1.00 bits per heavy atom. The molecule has 27 heavy (non-hydrogen) atoms. The molecule has 3 heterocycles. The first-order valence-corrected chi connectivity index (χ1v) is 9.38. The zero-order valence-electron chi connectivity index (χ0n) is 15.8. The maximum atomic E-state index is 13.0. The van der Waals surface area contributed by atoms with E-state index in [2.05, 4.69) is 14.8 Å². The van der Waals surface area contributed by atoms with Gasteiger partial charge in [-0.15, -0.1) is 0 Å². The van der Waals surface area contributed by atoms with Gasteiger partial charge in [-0.3, -0.25) is 14.5 Å². The van der Waals surface area contributed by atoms with Gasteiger partial charge in [0, 0.05) is 32.4 Å². The molecular weight excluding hydrogens is 340 g/mol. The third kappa shape index (κ3) is 3.32. The number of hydrogen-bond acceptors (Lipinski definition) is 5. The maximum Gasteiger partial charge on any atom is 0.251 e. The van der Waals surface area contributed by atoms with Crippen molar-refractivity contribution in [1.82, 2.24) is 9.88 Å². The second-order valence-electron chi connectivity index (χ2n) is 7.29. The zero-order valence-corrected chi connectivity index (χ0v) is 15.8. The van der Waals surface area contributed by atoms with Crippen molar-refractivity contribution in [1.29, 1.82) is 0 Å². The van der Waals surface area contributed by atoms with Gasteiger partial charge in [-0.2, -0.15) is 0 Å². The van der Waals surface area contributed by atoms with Gasteiger partial charge in [0.15, 0.2) is 0 Å². The summed E-state index contributed by atoms with van der Waals surface area (Å²) in [5.41, 5.74) is 2.79. The molecule has 2 fully saturated rings. The predicted molar refractivity (Wildman–Crippen MR) is 105 cm³/mol. The largest absolute Gasteiger partial charge is 0.354 e. The van der Waals surface area contributed by atoms with E-state index in [-0.39, 0.29) is 24.3 Å². The van der Waals surface area contributed by atoms with Crippen LogP contribution in [0.15, 0.2) is 42.6 Å². The van der Waals surface area contributed by atoms with Gasteiger partial charge in [-0.25, -0.2) is 9.88 Å². The third-order valence-electron chi connectivity index (χ3n) is 5.44. The lowest BCUT2D eigenvalue weighted by Crippen LogP contribution is -2.52. The van der Waals surface area contributed by atoms with E-state index in [1.54, 1.807) is 6.20 Å². The summed E-state index contributed by atoms with van der Waals surface area (Å²) >= 11 is 0. The lowest BCUT2D eigenvalue weighted by Gasteiger charge is -2.37. The van der Waals surface area contributed by atoms with Gasteiger partial charge >= 0.3 is 0 Å². The molecule has 0 bridgehead atoms. The zero-order chi connectivity index (χ0) is 19.0. The summed E-state index contributed by atoms with van der Waals surface area (Å²) < 4.78 is 0. The first-order chi connectivity index (χ1) is 13.0. The number of carbonyl (C=O) groups excluding carboxylic acids is 2. The SMILES string of the molecule is Cc1ccc(N2C(=O)C[C@@H](N3CCN(c4ccccn4)CC3)C2=O)c(C)c1. The summed E-state index contributed by atoms with van der Waals surface area (Å²) in [5.74, 6) is 0.755. The predicted octanol–water partition coefficient (Wildman–Crippen LogP) is 2.15. The quantitative estimate of drug-likeness (QED) is 0.781. The number of amides is 2. The number of nitrogens with zero attached hydrogens (tertiary/aromatic N) is 4. The van der Waals surface area contributed by atoms with Crippen LogP contribution in [0.3, 0.4) is 0 Å². The van der Waals surface area contributed by atoms with E-state index in [1.807, 2.05) is 50.2 Å². The van der Waals surface area contributed by atoms with Crippen molar-refractivity contribution in [3.05, 3.63) is 53.7 Å². The van der Waals surface area contributed by atoms with E-state index in [4.69, 9.17) is 0 Å². The molecular formula is C21H24N4O2. The highest BCUT2D eigenvalue weighted by atomic mass is 16.2. The van der Waals surface area contributed by atoms with Crippen LogP contribution in [-0.2, 0) is 9.59 Å². The molecule has 4 rings (SSSR count). The van der Waals surface area contributed by atoms with Crippen LogP contribution < -0.4 is 9.80 Å². The molecule has 140 valence electrons. The van der Waals surface area contributed by atoms with E-state index in [0.717, 1.165) is 43.1 Å². The molecule has 2 aromatic rings. The maximum absolute atomic E-state index is 13.0. The van der Waals surface area contributed by atoms with Crippen molar-refractivity contribution >= 4 is 23.3 Å². The molecule has 2 amide bonds. The summed E-state index contributed by atoms with van der Waals surface area (Å²) in [7, 11) is 0. The fourth-order valence-electron chi connectivity index (χ4n) is 4.01. The molecule has 2 aliphatic rings. The fraction of sp³-hybridized carbons (Fsp3) is 0.381. The Bertz CT molecular complexity index is 860. The molecule has 0 spiro atoms. The second kappa shape index (κ2) is 7.12. The highest BCUT2D eigenvalue weighted by Gasteiger charge is 2.43. The number of aryl methyl sites for hydroxylation is 2. The number of carbonyl (C=O) groups is 2. The number of piperazine rings is 1. The van der Waals surface area contributed by atoms with E-state index in [1.165, 1.54) is 4.90 Å². The Labute approximate surface area is 159 Å². The summed E-state index contributed by atoms with van der Waals surface area (Å²) in [6, 6.07) is 11.4. The van der Waals surface area contributed by atoms with Crippen molar-refractivity contribution in [2.75, 3.05) is 36.0 Å². The van der Waals surface area contributed by atoms with Gasteiger partial charge < -0.3 is 4.90 Å². The minimum atomic E-state index is -0.357. The molecule has 2 aliphatic heterocycles. The number of pyridine rings is 1. The van der Waals surface area contributed by atoms with Crippen LogP contribution in [0.5, 0.6) is 0 Å². The molecule has 1 atom stereocenters. The average molecular weight is 364 g/mol. The number of anilines is 2. The molecule has 1 aromatic heterocycles. The van der Waals surface area contributed by atoms with Crippen LogP contribution in [0.25, 0.3) is 0 Å². The number of benzene rings is 1. The standard InChI is InChI=1S/C21H24N4O2/c1-15-6-7-17(16(2)13-15)25-20(26)14-18(21(25)27)23-9-11-24(12-10-23)19-5-3-4-8-22-19/h3-8,13,18H,9-12,14H2,1-2H3/t18-/m1/s1. The molecule has 6 heteroatoms. The molecule has 0 unspecified atom stereocenters. The fourth-order valence-corrected chi connectivity index (χ4v) is 4.01. The van der Waals surface area contributed by atoms with E-state index in [9.17, 15) is 9.59 Å². The van der Waals surface area contributed by atoms with Crippen LogP contribution in [0.1, 0.15) is 17.5 Å². The summed E-state index contributed by atoms with van der Waals surface area (Å²) in [5, 5.41) is 0. The second-order valence-corrected chi connectivity index (χ2v) is 7.29. The van der Waals surface area contributed by atoms with Crippen molar-refractivity contribution < 1.29 is 9.59 Å². The van der Waals surface area contributed by atoms with Gasteiger partial charge in [0.1, 0.15) is 5.82 Å². The highest BCUT2D eigenvalue weighted by molar-refractivity contribution is 6.22. The average Bonchev–Trinajstić information content (AvgIpc) is 2.97. The van der Waals surface area contributed by atoms with E-state index < -0.39 is 0 Å². The summed E-state index contributed by atoms with van der Waals surface area (Å²) in [4.78, 5) is 35.8. The molecule has 0 aliphatic carbocycles. The van der Waals surface area contributed by atoms with Gasteiger partial charge in [-0.05, 0) is 37.6 Å². The van der Waals surface area contributed by atoms with Crippen LogP contribution in [0, 0.1) is 13.8 Å². The Hall–Kier alpha value is -2.73. The van der Waals surface area contributed by atoms with E-state index >= 15 is 0 Å². The molecule has 0 N–H and O–H groups in total. The monoisotopic (exact) mass is 364 g/mol. The van der Waals surface area contributed by atoms with Gasteiger partial charge in [0.05, 0.1) is 18.2 Å². The third-order valence-corrected chi connectivity index (χ3v) is 5.44. The van der Waals surface area contributed by atoms with E-state index in [0.29, 0.717) is 5.69 Å². The van der Waals surface area contributed by atoms with Crippen LogP contribution in [0.2, 0.25) is 0 Å². The van der Waals surface area contributed by atoms with Crippen LogP contribution in [-0.4, -0.2) is 53.9 Å². The summed E-state index contributed by atoms with van der Waals surface area (Å²) in [6.45, 7) is 7.06. The first-order valence-electron chi connectivity index (χ1n) is 9.38. The number of rotatable bonds is 3. The Kier molecular flexibility index (Phi) is 4.66. The minimum absolute atomic E-state index is 0.0989. The van der Waals surface area contributed by atoms with Gasteiger partial charge in [0.2, 0.25) is 5.91 Å². The molecule has 0 saturated carbocycles. The van der Waals surface area contributed by atoms with Crippen LogP contribution in [0.4, 0.5) is 11.5 Å². The molecule has 1 aromatic carbocycles. The Morgan fingerprint density at radius 3 is 2.44 bits per heavy atom. The first kappa shape index (κ1) is 17.7. The number of imide groups is 1. The number of hydrogen-bond donors (Lipinski definition) is 0. The number of aromatic nitrogens is 1. The summed E-state index contributed by atoms with van der Waals surface area (Å²) in [6.07, 6.45) is 2.05. The molecule has 6 nitrogen and oxygen atoms in total. The molecule has 0 radical (unpaired) electrons. The van der Waals surface area contributed by atoms with Crippen molar-refractivity contribution in [2.45, 2.75) is 26.3 Å². The van der Waals surface area contributed by atoms with Crippen molar-refractivity contribution in [3.8, 4) is 0 Å². The van der Waals surface area contributed by atoms with Gasteiger partial charge in [-0.1, -0.05) is 23.8 Å². The Balaban J connectivity index is 1.46. The molecule has 2 saturated heterocycles. The van der Waals surface area contributed by atoms with Crippen LogP contribution >= 0.6 is 0 Å². The smallest absolute Gasteiger partial charge is 0.251 e. The topological polar surface area (TPSA) is 56.8 Å². The lowest BCUT2D eigenvalue weighted by atomic mass is 10.1. The van der Waals surface area contributed by atoms with Gasteiger partial charge in [0.25, 0.3) is 5.91 Å². The minimum Gasteiger partial charge on any atom is -0.354 e. The highest BCUT2D eigenvalue weighted by Crippen LogP contribution is 2.29. The normalized spacial score (nSPS) is 21.2. The lowest BCUT2D eigenvalue weighted by molar-refractivity contribution is -0.123. The van der Waals surface area contributed by atoms with Crippen molar-refractivity contribution in [3.63, 3.8) is 0 Å².